The maximum atomic E-state index is 12.1. The SMILES string of the molecule is O=C1CC[C@@H](NCCc2ncc[nH]2)CN1Cc1ccccc1. The van der Waals surface area contributed by atoms with Gasteiger partial charge in [0.15, 0.2) is 0 Å². The Morgan fingerprint density at radius 2 is 2.18 bits per heavy atom. The second-order valence-electron chi connectivity index (χ2n) is 5.74. The number of rotatable bonds is 6. The fourth-order valence-electron chi connectivity index (χ4n) is 2.87. The van der Waals surface area contributed by atoms with Crippen molar-refractivity contribution in [3.8, 4) is 0 Å². The molecule has 0 radical (unpaired) electrons. The van der Waals surface area contributed by atoms with Crippen molar-refractivity contribution in [1.82, 2.24) is 20.2 Å². The summed E-state index contributed by atoms with van der Waals surface area (Å²) >= 11 is 0. The molecule has 1 aliphatic heterocycles. The molecular formula is C17H22N4O. The summed E-state index contributed by atoms with van der Waals surface area (Å²) in [4.78, 5) is 21.4. The second-order valence-corrected chi connectivity index (χ2v) is 5.74. The molecule has 22 heavy (non-hydrogen) atoms. The normalized spacial score (nSPS) is 18.6. The van der Waals surface area contributed by atoms with E-state index in [2.05, 4.69) is 27.4 Å². The van der Waals surface area contributed by atoms with Crippen LogP contribution in [0.5, 0.6) is 0 Å². The molecule has 2 aromatic rings. The Bertz CT molecular complexity index is 582. The molecule has 0 spiro atoms. The van der Waals surface area contributed by atoms with Crippen molar-refractivity contribution < 1.29 is 4.79 Å². The number of hydrogen-bond donors (Lipinski definition) is 2. The topological polar surface area (TPSA) is 61.0 Å². The number of piperidine rings is 1. The summed E-state index contributed by atoms with van der Waals surface area (Å²) in [5, 5.41) is 3.54. The molecule has 0 aliphatic carbocycles. The summed E-state index contributed by atoms with van der Waals surface area (Å²) in [6.07, 6.45) is 6.05. The van der Waals surface area contributed by atoms with Gasteiger partial charge in [0.2, 0.25) is 5.91 Å². The molecule has 3 rings (SSSR count). The van der Waals surface area contributed by atoms with Crippen LogP contribution in [0.1, 0.15) is 24.2 Å². The van der Waals surface area contributed by atoms with Gasteiger partial charge in [-0.3, -0.25) is 4.79 Å². The zero-order valence-corrected chi connectivity index (χ0v) is 12.7. The molecule has 1 fully saturated rings. The number of nitrogens with one attached hydrogen (secondary N) is 2. The number of H-pyrrole nitrogens is 1. The van der Waals surface area contributed by atoms with Crippen molar-refractivity contribution in [1.29, 1.82) is 0 Å². The number of aromatic amines is 1. The average Bonchev–Trinajstić information content (AvgIpc) is 3.05. The second kappa shape index (κ2) is 7.22. The van der Waals surface area contributed by atoms with E-state index in [-0.39, 0.29) is 5.91 Å². The number of benzene rings is 1. The standard InChI is InChI=1S/C17H22N4O/c22-17-7-6-15(18-9-8-16-19-10-11-20-16)13-21(17)12-14-4-2-1-3-5-14/h1-5,10-11,15,18H,6-9,12-13H2,(H,19,20)/t15-/m1/s1. The first-order valence-corrected chi connectivity index (χ1v) is 7.84. The molecule has 5 nitrogen and oxygen atoms in total. The lowest BCUT2D eigenvalue weighted by atomic mass is 10.0. The number of likely N-dealkylation sites (tertiary alicyclic amines) is 1. The molecule has 1 amide bonds. The van der Waals surface area contributed by atoms with Crippen LogP contribution in [0.15, 0.2) is 42.7 Å². The number of hydrogen-bond acceptors (Lipinski definition) is 3. The Morgan fingerprint density at radius 1 is 1.32 bits per heavy atom. The molecule has 2 heterocycles. The van der Waals surface area contributed by atoms with E-state index in [4.69, 9.17) is 0 Å². The van der Waals surface area contributed by atoms with Crippen molar-refractivity contribution in [3.05, 3.63) is 54.1 Å². The van der Waals surface area contributed by atoms with Crippen molar-refractivity contribution in [2.75, 3.05) is 13.1 Å². The molecule has 2 N–H and O–H groups in total. The highest BCUT2D eigenvalue weighted by molar-refractivity contribution is 5.77. The molecule has 1 aromatic carbocycles. The molecule has 0 bridgehead atoms. The monoisotopic (exact) mass is 298 g/mol. The van der Waals surface area contributed by atoms with Crippen LogP contribution in [0, 0.1) is 0 Å². The maximum absolute atomic E-state index is 12.1. The van der Waals surface area contributed by atoms with E-state index in [1.165, 1.54) is 5.56 Å². The zero-order valence-electron chi connectivity index (χ0n) is 12.7. The fraction of sp³-hybridized carbons (Fsp3) is 0.412. The van der Waals surface area contributed by atoms with Crippen LogP contribution in [-0.2, 0) is 17.8 Å². The highest BCUT2D eigenvalue weighted by Gasteiger charge is 2.25. The lowest BCUT2D eigenvalue weighted by Crippen LogP contribution is -2.48. The van der Waals surface area contributed by atoms with Crippen molar-refractivity contribution in [3.63, 3.8) is 0 Å². The lowest BCUT2D eigenvalue weighted by Gasteiger charge is -2.33. The van der Waals surface area contributed by atoms with Crippen LogP contribution in [0.2, 0.25) is 0 Å². The Morgan fingerprint density at radius 3 is 2.95 bits per heavy atom. The minimum Gasteiger partial charge on any atom is -0.349 e. The van der Waals surface area contributed by atoms with Gasteiger partial charge >= 0.3 is 0 Å². The average molecular weight is 298 g/mol. The van der Waals surface area contributed by atoms with E-state index in [9.17, 15) is 4.79 Å². The summed E-state index contributed by atoms with van der Waals surface area (Å²) in [5.41, 5.74) is 1.19. The zero-order chi connectivity index (χ0) is 15.2. The molecule has 5 heteroatoms. The third kappa shape index (κ3) is 3.95. The smallest absolute Gasteiger partial charge is 0.222 e. The van der Waals surface area contributed by atoms with E-state index < -0.39 is 0 Å². The summed E-state index contributed by atoms with van der Waals surface area (Å²) in [5.74, 6) is 1.26. The van der Waals surface area contributed by atoms with Gasteiger partial charge in [0.05, 0.1) is 0 Å². The number of carbonyl (C=O) groups is 1. The molecule has 1 aromatic heterocycles. The number of carbonyl (C=O) groups excluding carboxylic acids is 1. The Balaban J connectivity index is 1.49. The van der Waals surface area contributed by atoms with Gasteiger partial charge in [-0.1, -0.05) is 30.3 Å². The largest absolute Gasteiger partial charge is 0.349 e. The quantitative estimate of drug-likeness (QED) is 0.854. The summed E-state index contributed by atoms with van der Waals surface area (Å²) in [6.45, 7) is 2.37. The minimum absolute atomic E-state index is 0.257. The van der Waals surface area contributed by atoms with Gasteiger partial charge in [0, 0.05) is 50.9 Å². The fourth-order valence-corrected chi connectivity index (χ4v) is 2.87. The highest BCUT2D eigenvalue weighted by Crippen LogP contribution is 2.15. The van der Waals surface area contributed by atoms with Gasteiger partial charge in [-0.25, -0.2) is 4.98 Å². The van der Waals surface area contributed by atoms with Crippen LogP contribution in [-0.4, -0.2) is 39.9 Å². The lowest BCUT2D eigenvalue weighted by molar-refractivity contribution is -0.134. The predicted molar refractivity (Wildman–Crippen MR) is 85.2 cm³/mol. The molecule has 0 unspecified atom stereocenters. The van der Waals surface area contributed by atoms with Gasteiger partial charge in [0.25, 0.3) is 0 Å². The molecule has 0 saturated carbocycles. The van der Waals surface area contributed by atoms with E-state index in [1.807, 2.05) is 29.3 Å². The van der Waals surface area contributed by atoms with Gasteiger partial charge < -0.3 is 15.2 Å². The Labute approximate surface area is 130 Å². The van der Waals surface area contributed by atoms with Crippen molar-refractivity contribution in [2.45, 2.75) is 31.8 Å². The van der Waals surface area contributed by atoms with Gasteiger partial charge in [-0.2, -0.15) is 0 Å². The van der Waals surface area contributed by atoms with Crippen LogP contribution in [0.25, 0.3) is 0 Å². The maximum Gasteiger partial charge on any atom is 0.222 e. The molecule has 1 saturated heterocycles. The third-order valence-corrected chi connectivity index (χ3v) is 4.07. The van der Waals surface area contributed by atoms with Crippen molar-refractivity contribution >= 4 is 5.91 Å². The van der Waals surface area contributed by atoms with Crippen LogP contribution in [0.4, 0.5) is 0 Å². The predicted octanol–water partition coefficient (Wildman–Crippen LogP) is 1.73. The number of nitrogens with zero attached hydrogens (tertiary/aromatic N) is 2. The summed E-state index contributed by atoms with van der Waals surface area (Å²) < 4.78 is 0. The van der Waals surface area contributed by atoms with E-state index in [1.54, 1.807) is 6.20 Å². The molecular weight excluding hydrogens is 276 g/mol. The van der Waals surface area contributed by atoms with Gasteiger partial charge in [-0.15, -0.1) is 0 Å². The van der Waals surface area contributed by atoms with E-state index in [0.29, 0.717) is 19.0 Å². The van der Waals surface area contributed by atoms with Crippen molar-refractivity contribution in [2.24, 2.45) is 0 Å². The van der Waals surface area contributed by atoms with E-state index in [0.717, 1.165) is 31.8 Å². The third-order valence-electron chi connectivity index (χ3n) is 4.07. The molecule has 1 aliphatic rings. The van der Waals surface area contributed by atoms with Gasteiger partial charge in [-0.05, 0) is 12.0 Å². The first kappa shape index (κ1) is 14.8. The minimum atomic E-state index is 0.257. The Kier molecular flexibility index (Phi) is 4.85. The molecule has 116 valence electrons. The first-order valence-electron chi connectivity index (χ1n) is 7.84. The van der Waals surface area contributed by atoms with E-state index >= 15 is 0 Å². The first-order chi connectivity index (χ1) is 10.8. The number of imidazole rings is 1. The Hall–Kier alpha value is -2.14. The number of amides is 1. The van der Waals surface area contributed by atoms with Crippen LogP contribution < -0.4 is 5.32 Å². The number of aromatic nitrogens is 2. The highest BCUT2D eigenvalue weighted by atomic mass is 16.2. The van der Waals surface area contributed by atoms with Crippen LogP contribution in [0.3, 0.4) is 0 Å². The summed E-state index contributed by atoms with van der Waals surface area (Å²) in [7, 11) is 0. The van der Waals surface area contributed by atoms with Crippen LogP contribution >= 0.6 is 0 Å². The molecule has 1 atom stereocenters. The van der Waals surface area contributed by atoms with Gasteiger partial charge in [0.1, 0.15) is 5.82 Å². The summed E-state index contributed by atoms with van der Waals surface area (Å²) in [6, 6.07) is 10.5.